The van der Waals surface area contributed by atoms with Gasteiger partial charge in [-0.15, -0.1) is 0 Å². The molecule has 2 N–H and O–H groups in total. The van der Waals surface area contributed by atoms with Gasteiger partial charge in [-0.3, -0.25) is 14.3 Å². The minimum Gasteiger partial charge on any atom is -0.478 e. The Bertz CT molecular complexity index is 894. The highest BCUT2D eigenvalue weighted by molar-refractivity contribution is 5.92. The maximum absolute atomic E-state index is 12.6. The van der Waals surface area contributed by atoms with Crippen LogP contribution in [0.25, 0.3) is 10.9 Å². The summed E-state index contributed by atoms with van der Waals surface area (Å²) in [6.07, 6.45) is 0. The quantitative estimate of drug-likeness (QED) is 0.792. The molecule has 0 atom stereocenters. The minimum absolute atomic E-state index is 0.0362. The Labute approximate surface area is 144 Å². The smallest absolute Gasteiger partial charge is 0.335 e. The highest BCUT2D eigenvalue weighted by atomic mass is 16.4. The van der Waals surface area contributed by atoms with Crippen LogP contribution in [-0.2, 0) is 6.54 Å². The van der Waals surface area contributed by atoms with Gasteiger partial charge in [0.2, 0.25) is 0 Å². The molecular formula is C17H22N4O4. The molecule has 0 aliphatic carbocycles. The molecule has 25 heavy (non-hydrogen) atoms. The Morgan fingerprint density at radius 1 is 1.12 bits per heavy atom. The molecule has 1 aliphatic rings. The lowest BCUT2D eigenvalue weighted by molar-refractivity contribution is 0.0697. The van der Waals surface area contributed by atoms with Gasteiger partial charge in [0, 0.05) is 39.3 Å². The van der Waals surface area contributed by atoms with Crippen molar-refractivity contribution in [2.75, 3.05) is 39.3 Å². The molecule has 8 nitrogen and oxygen atoms in total. The fraction of sp³-hybridized carbons (Fsp3) is 0.471. The van der Waals surface area contributed by atoms with Gasteiger partial charge in [-0.1, -0.05) is 6.92 Å². The number of likely N-dealkylation sites (N-methyl/N-ethyl adjacent to an activating group) is 1. The second-order valence-electron chi connectivity index (χ2n) is 6.23. The summed E-state index contributed by atoms with van der Waals surface area (Å²) in [5.74, 6) is -1.10. The standard InChI is InChI=1S/C17H22N4O4/c1-2-19-5-7-20(8-6-19)9-10-21-15(22)13-4-3-12(16(23)24)11-14(13)18-17(21)25/h3-4,11H,2,5-10H2,1H3,(H,18,25)(H,23,24). The number of benzene rings is 1. The fourth-order valence-electron chi connectivity index (χ4n) is 3.16. The number of rotatable bonds is 5. The molecule has 1 aliphatic heterocycles. The zero-order valence-corrected chi connectivity index (χ0v) is 14.2. The SMILES string of the molecule is CCN1CCN(CCn2c(=O)[nH]c3cc(C(=O)O)ccc3c2=O)CC1. The summed E-state index contributed by atoms with van der Waals surface area (Å²) in [6.45, 7) is 7.98. The van der Waals surface area contributed by atoms with Crippen molar-refractivity contribution in [2.24, 2.45) is 0 Å². The van der Waals surface area contributed by atoms with Crippen molar-refractivity contribution in [1.29, 1.82) is 0 Å². The lowest BCUT2D eigenvalue weighted by atomic mass is 10.1. The molecule has 0 saturated carbocycles. The molecular weight excluding hydrogens is 324 g/mol. The number of carbonyl (C=O) groups is 1. The summed E-state index contributed by atoms with van der Waals surface area (Å²) >= 11 is 0. The zero-order chi connectivity index (χ0) is 18.0. The predicted octanol–water partition coefficient (Wildman–Crippen LogP) is 0.0255. The van der Waals surface area contributed by atoms with E-state index in [-0.39, 0.29) is 16.6 Å². The minimum atomic E-state index is -1.10. The topological polar surface area (TPSA) is 98.6 Å². The first-order chi connectivity index (χ1) is 12.0. The molecule has 134 valence electrons. The normalized spacial score (nSPS) is 16.4. The van der Waals surface area contributed by atoms with Gasteiger partial charge in [0.15, 0.2) is 0 Å². The molecule has 0 amide bonds. The van der Waals surface area contributed by atoms with E-state index in [0.29, 0.717) is 18.5 Å². The van der Waals surface area contributed by atoms with Crippen molar-refractivity contribution in [1.82, 2.24) is 19.4 Å². The van der Waals surface area contributed by atoms with E-state index in [1.165, 1.54) is 22.8 Å². The van der Waals surface area contributed by atoms with Gasteiger partial charge in [-0.2, -0.15) is 0 Å². The van der Waals surface area contributed by atoms with Crippen LogP contribution in [0.3, 0.4) is 0 Å². The molecule has 0 radical (unpaired) electrons. The van der Waals surface area contributed by atoms with Crippen molar-refractivity contribution in [2.45, 2.75) is 13.5 Å². The molecule has 0 spiro atoms. The van der Waals surface area contributed by atoms with Crippen LogP contribution in [0, 0.1) is 0 Å². The molecule has 2 heterocycles. The van der Waals surface area contributed by atoms with E-state index in [0.717, 1.165) is 32.7 Å². The average molecular weight is 346 g/mol. The molecule has 1 saturated heterocycles. The van der Waals surface area contributed by atoms with Crippen molar-refractivity contribution in [3.05, 3.63) is 44.6 Å². The zero-order valence-electron chi connectivity index (χ0n) is 14.2. The number of H-pyrrole nitrogens is 1. The number of aromatic carboxylic acids is 1. The van der Waals surface area contributed by atoms with E-state index in [9.17, 15) is 14.4 Å². The average Bonchev–Trinajstić information content (AvgIpc) is 2.61. The third kappa shape index (κ3) is 3.64. The van der Waals surface area contributed by atoms with Crippen LogP contribution >= 0.6 is 0 Å². The third-order valence-electron chi connectivity index (χ3n) is 4.78. The number of piperazine rings is 1. The van der Waals surface area contributed by atoms with Crippen molar-refractivity contribution < 1.29 is 9.90 Å². The number of fused-ring (bicyclic) bond motifs is 1. The van der Waals surface area contributed by atoms with E-state index >= 15 is 0 Å². The highest BCUT2D eigenvalue weighted by Gasteiger charge is 2.16. The molecule has 1 aromatic carbocycles. The first kappa shape index (κ1) is 17.4. The number of carboxylic acid groups (broad SMARTS) is 1. The van der Waals surface area contributed by atoms with E-state index < -0.39 is 11.7 Å². The van der Waals surface area contributed by atoms with Gasteiger partial charge in [0.25, 0.3) is 5.56 Å². The molecule has 1 fully saturated rings. The summed E-state index contributed by atoms with van der Waals surface area (Å²) in [7, 11) is 0. The fourth-order valence-corrected chi connectivity index (χ4v) is 3.16. The second kappa shape index (κ2) is 7.20. The number of nitrogens with zero attached hydrogens (tertiary/aromatic N) is 3. The van der Waals surface area contributed by atoms with Crippen LogP contribution in [0.4, 0.5) is 0 Å². The van der Waals surface area contributed by atoms with Gasteiger partial charge in [0.1, 0.15) is 0 Å². The largest absolute Gasteiger partial charge is 0.478 e. The van der Waals surface area contributed by atoms with Crippen LogP contribution in [0.5, 0.6) is 0 Å². The van der Waals surface area contributed by atoms with Crippen molar-refractivity contribution in [3.8, 4) is 0 Å². The summed E-state index contributed by atoms with van der Waals surface area (Å²) in [5, 5.41) is 9.34. The number of hydrogen-bond donors (Lipinski definition) is 2. The maximum atomic E-state index is 12.6. The summed E-state index contributed by atoms with van der Waals surface area (Å²) in [4.78, 5) is 43.1. The van der Waals surface area contributed by atoms with Crippen molar-refractivity contribution >= 4 is 16.9 Å². The van der Waals surface area contributed by atoms with E-state index in [1.807, 2.05) is 0 Å². The van der Waals surface area contributed by atoms with E-state index in [1.54, 1.807) is 0 Å². The Hall–Kier alpha value is -2.45. The van der Waals surface area contributed by atoms with Gasteiger partial charge >= 0.3 is 11.7 Å². The number of nitrogens with one attached hydrogen (secondary N) is 1. The van der Waals surface area contributed by atoms with Crippen LogP contribution in [0.15, 0.2) is 27.8 Å². The lowest BCUT2D eigenvalue weighted by Gasteiger charge is -2.33. The van der Waals surface area contributed by atoms with Gasteiger partial charge in [-0.05, 0) is 24.7 Å². The Morgan fingerprint density at radius 2 is 1.80 bits per heavy atom. The molecule has 0 unspecified atom stereocenters. The summed E-state index contributed by atoms with van der Waals surface area (Å²) < 4.78 is 1.19. The van der Waals surface area contributed by atoms with Crippen molar-refractivity contribution in [3.63, 3.8) is 0 Å². The molecule has 0 bridgehead atoms. The summed E-state index contributed by atoms with van der Waals surface area (Å²) in [5.41, 5.74) is -0.605. The second-order valence-corrected chi connectivity index (χ2v) is 6.23. The van der Waals surface area contributed by atoms with E-state index in [4.69, 9.17) is 5.11 Å². The Morgan fingerprint density at radius 3 is 2.44 bits per heavy atom. The Balaban J connectivity index is 1.80. The molecule has 2 aromatic rings. The lowest BCUT2D eigenvalue weighted by Crippen LogP contribution is -2.48. The number of aromatic nitrogens is 2. The van der Waals surface area contributed by atoms with Crippen LogP contribution < -0.4 is 11.2 Å². The summed E-state index contributed by atoms with van der Waals surface area (Å²) in [6, 6.07) is 4.14. The first-order valence-corrected chi connectivity index (χ1v) is 8.44. The van der Waals surface area contributed by atoms with Gasteiger partial charge < -0.3 is 15.0 Å². The number of carboxylic acids is 1. The third-order valence-corrected chi connectivity index (χ3v) is 4.78. The highest BCUT2D eigenvalue weighted by Crippen LogP contribution is 2.09. The maximum Gasteiger partial charge on any atom is 0.335 e. The van der Waals surface area contributed by atoms with Crippen LogP contribution in [-0.4, -0.2) is 69.7 Å². The monoisotopic (exact) mass is 346 g/mol. The molecule has 3 rings (SSSR count). The van der Waals surface area contributed by atoms with Gasteiger partial charge in [0.05, 0.1) is 16.5 Å². The Kier molecular flexibility index (Phi) is 5.00. The molecule has 1 aromatic heterocycles. The first-order valence-electron chi connectivity index (χ1n) is 8.44. The number of hydrogen-bond acceptors (Lipinski definition) is 5. The predicted molar refractivity (Wildman–Crippen MR) is 94.3 cm³/mol. The van der Waals surface area contributed by atoms with Crippen LogP contribution in [0.1, 0.15) is 17.3 Å². The van der Waals surface area contributed by atoms with Gasteiger partial charge in [-0.25, -0.2) is 9.59 Å². The van der Waals surface area contributed by atoms with Crippen LogP contribution in [0.2, 0.25) is 0 Å². The molecule has 8 heteroatoms. The van der Waals surface area contributed by atoms with E-state index in [2.05, 4.69) is 21.7 Å². The number of aromatic amines is 1.